The Kier molecular flexibility index (Phi) is 4.68. The molecular formula is C22H19N5O. The van der Waals surface area contributed by atoms with Gasteiger partial charge in [-0.25, -0.2) is 9.97 Å². The minimum absolute atomic E-state index is 0.288. The molecule has 6 heteroatoms. The first-order valence-corrected chi connectivity index (χ1v) is 8.93. The lowest BCUT2D eigenvalue weighted by Gasteiger charge is -2.10. The summed E-state index contributed by atoms with van der Waals surface area (Å²) >= 11 is 0. The molecule has 138 valence electrons. The number of amides is 1. The number of nitrogens with zero attached hydrogens (tertiary/aromatic N) is 3. The molecule has 2 heterocycles. The molecule has 28 heavy (non-hydrogen) atoms. The molecule has 2 N–H and O–H groups in total. The van der Waals surface area contributed by atoms with Crippen LogP contribution in [0.25, 0.3) is 10.9 Å². The van der Waals surface area contributed by atoms with Crippen LogP contribution in [0.3, 0.4) is 0 Å². The lowest BCUT2D eigenvalue weighted by Crippen LogP contribution is -2.16. The second kappa shape index (κ2) is 7.44. The van der Waals surface area contributed by atoms with E-state index in [0.29, 0.717) is 17.3 Å². The molecule has 0 fully saturated rings. The molecule has 2 aromatic carbocycles. The summed E-state index contributed by atoms with van der Waals surface area (Å²) in [4.78, 5) is 25.9. The maximum atomic E-state index is 12.8. The van der Waals surface area contributed by atoms with Crippen molar-refractivity contribution in [1.29, 1.82) is 0 Å². The summed E-state index contributed by atoms with van der Waals surface area (Å²) < 4.78 is 0. The molecule has 6 nitrogen and oxygen atoms in total. The topological polar surface area (TPSA) is 79.8 Å². The molecule has 0 aliphatic carbocycles. The zero-order valence-corrected chi connectivity index (χ0v) is 15.6. The SMILES string of the molecule is Cc1cccc(Nc2nc(C)cc(C(=O)Nc3cccc4cccnc34)n2)c1. The Labute approximate surface area is 162 Å². The van der Waals surface area contributed by atoms with Gasteiger partial charge < -0.3 is 10.6 Å². The van der Waals surface area contributed by atoms with Crippen molar-refractivity contribution in [2.24, 2.45) is 0 Å². The van der Waals surface area contributed by atoms with Gasteiger partial charge in [-0.2, -0.15) is 0 Å². The Morgan fingerprint density at radius 1 is 0.929 bits per heavy atom. The van der Waals surface area contributed by atoms with Gasteiger partial charge in [-0.1, -0.05) is 30.3 Å². The third kappa shape index (κ3) is 3.81. The number of benzene rings is 2. The number of carbonyl (C=O) groups excluding carboxylic acids is 1. The standard InChI is InChI=1S/C22H19N5O/c1-14-6-3-9-17(12-14)25-22-24-15(2)13-19(27-22)21(28)26-18-10-4-7-16-8-5-11-23-20(16)18/h3-13H,1-2H3,(H,26,28)(H,24,25,27). The van der Waals surface area contributed by atoms with E-state index in [4.69, 9.17) is 0 Å². The highest BCUT2D eigenvalue weighted by atomic mass is 16.1. The van der Waals surface area contributed by atoms with E-state index in [1.54, 1.807) is 12.3 Å². The molecule has 0 aliphatic rings. The van der Waals surface area contributed by atoms with Gasteiger partial charge >= 0.3 is 0 Å². The van der Waals surface area contributed by atoms with Crippen molar-refractivity contribution in [2.75, 3.05) is 10.6 Å². The fraction of sp³-hybridized carbons (Fsp3) is 0.0909. The summed E-state index contributed by atoms with van der Waals surface area (Å²) in [6, 6.07) is 19.0. The number of nitrogens with one attached hydrogen (secondary N) is 2. The van der Waals surface area contributed by atoms with Gasteiger partial charge in [-0.15, -0.1) is 0 Å². The van der Waals surface area contributed by atoms with Crippen molar-refractivity contribution in [1.82, 2.24) is 15.0 Å². The molecule has 0 bridgehead atoms. The molecule has 0 spiro atoms. The average Bonchev–Trinajstić information content (AvgIpc) is 2.68. The van der Waals surface area contributed by atoms with E-state index in [2.05, 4.69) is 25.6 Å². The van der Waals surface area contributed by atoms with Crippen LogP contribution < -0.4 is 10.6 Å². The Balaban J connectivity index is 1.61. The molecule has 0 radical (unpaired) electrons. The van der Waals surface area contributed by atoms with Crippen LogP contribution in [0.1, 0.15) is 21.7 Å². The minimum atomic E-state index is -0.309. The summed E-state index contributed by atoms with van der Waals surface area (Å²) in [7, 11) is 0. The molecule has 0 atom stereocenters. The second-order valence-corrected chi connectivity index (χ2v) is 6.55. The summed E-state index contributed by atoms with van der Waals surface area (Å²) in [5.41, 5.74) is 4.37. The summed E-state index contributed by atoms with van der Waals surface area (Å²) in [6.45, 7) is 3.85. The van der Waals surface area contributed by atoms with Crippen LogP contribution in [0.2, 0.25) is 0 Å². The van der Waals surface area contributed by atoms with Crippen molar-refractivity contribution >= 4 is 34.1 Å². The van der Waals surface area contributed by atoms with Crippen LogP contribution in [-0.4, -0.2) is 20.9 Å². The van der Waals surface area contributed by atoms with E-state index in [1.807, 2.05) is 68.4 Å². The van der Waals surface area contributed by atoms with E-state index in [-0.39, 0.29) is 11.6 Å². The number of hydrogen-bond acceptors (Lipinski definition) is 5. The van der Waals surface area contributed by atoms with Crippen molar-refractivity contribution in [3.63, 3.8) is 0 Å². The van der Waals surface area contributed by atoms with E-state index < -0.39 is 0 Å². The van der Waals surface area contributed by atoms with Gasteiger partial charge in [0.2, 0.25) is 5.95 Å². The van der Waals surface area contributed by atoms with Crippen LogP contribution in [0.4, 0.5) is 17.3 Å². The van der Waals surface area contributed by atoms with E-state index in [1.165, 1.54) is 0 Å². The molecule has 4 aromatic rings. The zero-order chi connectivity index (χ0) is 19.5. The highest BCUT2D eigenvalue weighted by Gasteiger charge is 2.13. The van der Waals surface area contributed by atoms with Crippen molar-refractivity contribution in [3.05, 3.63) is 83.8 Å². The molecule has 4 rings (SSSR count). The molecular weight excluding hydrogens is 350 g/mol. The predicted molar refractivity (Wildman–Crippen MR) is 111 cm³/mol. The quantitative estimate of drug-likeness (QED) is 0.548. The van der Waals surface area contributed by atoms with Gasteiger partial charge in [0.15, 0.2) is 0 Å². The number of pyridine rings is 1. The normalized spacial score (nSPS) is 10.6. The fourth-order valence-electron chi connectivity index (χ4n) is 2.98. The number of carbonyl (C=O) groups is 1. The van der Waals surface area contributed by atoms with Gasteiger partial charge in [0.1, 0.15) is 5.69 Å². The van der Waals surface area contributed by atoms with Gasteiger partial charge in [0.25, 0.3) is 5.91 Å². The Morgan fingerprint density at radius 2 is 1.75 bits per heavy atom. The Hall–Kier alpha value is -3.80. The van der Waals surface area contributed by atoms with Crippen molar-refractivity contribution in [2.45, 2.75) is 13.8 Å². The maximum Gasteiger partial charge on any atom is 0.274 e. The number of anilines is 3. The van der Waals surface area contributed by atoms with Gasteiger partial charge in [-0.05, 0) is 49.7 Å². The first-order chi connectivity index (χ1) is 13.6. The molecule has 0 saturated heterocycles. The first-order valence-electron chi connectivity index (χ1n) is 8.93. The van der Waals surface area contributed by atoms with Crippen molar-refractivity contribution in [3.8, 4) is 0 Å². The maximum absolute atomic E-state index is 12.8. The number of aromatic nitrogens is 3. The summed E-state index contributed by atoms with van der Waals surface area (Å²) in [5, 5.41) is 7.03. The first kappa shape index (κ1) is 17.6. The van der Waals surface area contributed by atoms with Crippen LogP contribution >= 0.6 is 0 Å². The molecule has 2 aromatic heterocycles. The van der Waals surface area contributed by atoms with Gasteiger partial charge in [0, 0.05) is 23.0 Å². The average molecular weight is 369 g/mol. The third-order valence-corrected chi connectivity index (χ3v) is 4.24. The van der Waals surface area contributed by atoms with Crippen LogP contribution in [0, 0.1) is 13.8 Å². The highest BCUT2D eigenvalue weighted by Crippen LogP contribution is 2.21. The zero-order valence-electron chi connectivity index (χ0n) is 15.6. The third-order valence-electron chi connectivity index (χ3n) is 4.24. The summed E-state index contributed by atoms with van der Waals surface area (Å²) in [6.07, 6.45) is 1.71. The monoisotopic (exact) mass is 369 g/mol. The number of rotatable bonds is 4. The highest BCUT2D eigenvalue weighted by molar-refractivity contribution is 6.07. The Bertz CT molecular complexity index is 1170. The van der Waals surface area contributed by atoms with Gasteiger partial charge in [0.05, 0.1) is 11.2 Å². The van der Waals surface area contributed by atoms with Gasteiger partial charge in [-0.3, -0.25) is 9.78 Å². The lowest BCUT2D eigenvalue weighted by molar-refractivity contribution is 0.102. The number of fused-ring (bicyclic) bond motifs is 1. The van der Waals surface area contributed by atoms with E-state index >= 15 is 0 Å². The second-order valence-electron chi connectivity index (χ2n) is 6.55. The minimum Gasteiger partial charge on any atom is -0.324 e. The molecule has 0 saturated carbocycles. The van der Waals surface area contributed by atoms with E-state index in [0.717, 1.165) is 22.2 Å². The summed E-state index contributed by atoms with van der Waals surface area (Å²) in [5.74, 6) is 0.0720. The smallest absolute Gasteiger partial charge is 0.274 e. The number of hydrogen-bond donors (Lipinski definition) is 2. The number of para-hydroxylation sites is 1. The fourth-order valence-corrected chi connectivity index (χ4v) is 2.98. The van der Waals surface area contributed by atoms with Crippen molar-refractivity contribution < 1.29 is 4.79 Å². The van der Waals surface area contributed by atoms with E-state index in [9.17, 15) is 4.79 Å². The molecule has 1 amide bonds. The van der Waals surface area contributed by atoms with Crippen LogP contribution in [0.15, 0.2) is 66.9 Å². The van der Waals surface area contributed by atoms with Crippen LogP contribution in [-0.2, 0) is 0 Å². The molecule has 0 unspecified atom stereocenters. The Morgan fingerprint density at radius 3 is 2.61 bits per heavy atom. The van der Waals surface area contributed by atoms with Crippen LogP contribution in [0.5, 0.6) is 0 Å². The molecule has 0 aliphatic heterocycles. The predicted octanol–water partition coefficient (Wildman–Crippen LogP) is 4.64. The lowest BCUT2D eigenvalue weighted by atomic mass is 10.2. The number of aryl methyl sites for hydroxylation is 2. The largest absolute Gasteiger partial charge is 0.324 e.